The lowest BCUT2D eigenvalue weighted by Crippen LogP contribution is -1.88. The first-order valence-electron chi connectivity index (χ1n) is 4.98. The maximum Gasteiger partial charge on any atom is 0.0949 e. The predicted molar refractivity (Wildman–Crippen MR) is 71.3 cm³/mol. The zero-order valence-electron chi connectivity index (χ0n) is 8.39. The third-order valence-electron chi connectivity index (χ3n) is 2.62. The molecule has 16 heavy (non-hydrogen) atoms. The molecule has 0 saturated heterocycles. The molecule has 3 heteroatoms. The monoisotopic (exact) mass is 292 g/mol. The average Bonchev–Trinajstić information content (AvgIpc) is 2.98. The minimum absolute atomic E-state index is 0.211. The molecule has 3 rings (SSSR count). The van der Waals surface area contributed by atoms with Crippen LogP contribution in [0.3, 0.4) is 0 Å². The molecule has 0 saturated carbocycles. The lowest BCUT2D eigenvalue weighted by Gasteiger charge is -2.05. The minimum atomic E-state index is 0.211. The summed E-state index contributed by atoms with van der Waals surface area (Å²) in [5.41, 5.74) is 2.46. The highest BCUT2D eigenvalue weighted by molar-refractivity contribution is 9.09. The van der Waals surface area contributed by atoms with Crippen molar-refractivity contribution in [1.82, 2.24) is 0 Å². The molecule has 0 fully saturated rings. The summed E-state index contributed by atoms with van der Waals surface area (Å²) >= 11 is 5.50. The van der Waals surface area contributed by atoms with Gasteiger partial charge in [0, 0.05) is 10.3 Å². The number of furan rings is 1. The first kappa shape index (κ1) is 10.1. The second-order valence-electron chi connectivity index (χ2n) is 3.61. The van der Waals surface area contributed by atoms with Gasteiger partial charge in [-0.1, -0.05) is 34.1 Å². The summed E-state index contributed by atoms with van der Waals surface area (Å²) in [6, 6.07) is 10.5. The van der Waals surface area contributed by atoms with Gasteiger partial charge in [-0.25, -0.2) is 0 Å². The van der Waals surface area contributed by atoms with Crippen LogP contribution < -0.4 is 0 Å². The van der Waals surface area contributed by atoms with E-state index in [1.165, 1.54) is 15.6 Å². The van der Waals surface area contributed by atoms with Gasteiger partial charge in [-0.15, -0.1) is 11.3 Å². The van der Waals surface area contributed by atoms with Crippen molar-refractivity contribution in [3.8, 4) is 0 Å². The molecule has 0 aliphatic rings. The summed E-state index contributed by atoms with van der Waals surface area (Å²) in [5, 5.41) is 3.52. The van der Waals surface area contributed by atoms with Crippen LogP contribution in [-0.4, -0.2) is 0 Å². The molecule has 1 aromatic carbocycles. The van der Waals surface area contributed by atoms with Gasteiger partial charge < -0.3 is 4.42 Å². The van der Waals surface area contributed by atoms with Crippen LogP contribution >= 0.6 is 27.3 Å². The molecule has 80 valence electrons. The largest absolute Gasteiger partial charge is 0.472 e. The van der Waals surface area contributed by atoms with Crippen LogP contribution in [0.25, 0.3) is 10.1 Å². The Hall–Kier alpha value is -1.06. The topological polar surface area (TPSA) is 13.1 Å². The lowest BCUT2D eigenvalue weighted by molar-refractivity contribution is 0.564. The highest BCUT2D eigenvalue weighted by atomic mass is 79.9. The zero-order valence-corrected chi connectivity index (χ0v) is 10.8. The SMILES string of the molecule is BrC(c1ccoc1)c1csc2ccccc12. The second-order valence-corrected chi connectivity index (χ2v) is 5.43. The van der Waals surface area contributed by atoms with Crippen LogP contribution in [0, 0.1) is 0 Å². The van der Waals surface area contributed by atoms with Crippen molar-refractivity contribution in [3.05, 3.63) is 59.4 Å². The summed E-state index contributed by atoms with van der Waals surface area (Å²) in [5.74, 6) is 0. The molecule has 2 aromatic heterocycles. The van der Waals surface area contributed by atoms with E-state index in [2.05, 4.69) is 45.6 Å². The van der Waals surface area contributed by atoms with Gasteiger partial charge in [-0.05, 0) is 28.5 Å². The van der Waals surface area contributed by atoms with Crippen LogP contribution in [0.1, 0.15) is 16.0 Å². The Morgan fingerprint density at radius 3 is 2.88 bits per heavy atom. The highest BCUT2D eigenvalue weighted by Crippen LogP contribution is 2.38. The number of fused-ring (bicyclic) bond motifs is 1. The van der Waals surface area contributed by atoms with Gasteiger partial charge >= 0.3 is 0 Å². The zero-order chi connectivity index (χ0) is 11.0. The summed E-state index contributed by atoms with van der Waals surface area (Å²) in [4.78, 5) is 0.211. The summed E-state index contributed by atoms with van der Waals surface area (Å²) < 4.78 is 6.44. The number of benzene rings is 1. The van der Waals surface area contributed by atoms with Crippen LogP contribution in [0.4, 0.5) is 0 Å². The number of hydrogen-bond acceptors (Lipinski definition) is 2. The molecule has 0 aliphatic heterocycles. The fraction of sp³-hybridized carbons (Fsp3) is 0.0769. The fourth-order valence-corrected chi connectivity index (χ4v) is 3.59. The highest BCUT2D eigenvalue weighted by Gasteiger charge is 2.15. The van der Waals surface area contributed by atoms with Crippen LogP contribution in [0.2, 0.25) is 0 Å². The van der Waals surface area contributed by atoms with Gasteiger partial charge in [0.25, 0.3) is 0 Å². The van der Waals surface area contributed by atoms with Gasteiger partial charge in [0.2, 0.25) is 0 Å². The van der Waals surface area contributed by atoms with Crippen molar-refractivity contribution < 1.29 is 4.42 Å². The number of alkyl halides is 1. The maximum atomic E-state index is 5.12. The Labute approximate surface area is 106 Å². The molecule has 1 atom stereocenters. The first-order chi connectivity index (χ1) is 7.86. The molecular formula is C13H9BrOS. The molecule has 0 N–H and O–H groups in total. The Balaban J connectivity index is 2.12. The fourth-order valence-electron chi connectivity index (χ4n) is 1.79. The molecule has 0 aliphatic carbocycles. The van der Waals surface area contributed by atoms with Gasteiger partial charge in [0.05, 0.1) is 17.4 Å². The molecule has 0 amide bonds. The van der Waals surface area contributed by atoms with Crippen molar-refractivity contribution in [2.75, 3.05) is 0 Å². The summed E-state index contributed by atoms with van der Waals surface area (Å²) in [6.45, 7) is 0. The van der Waals surface area contributed by atoms with Crippen LogP contribution in [-0.2, 0) is 0 Å². The molecule has 0 radical (unpaired) electrons. The van der Waals surface area contributed by atoms with Crippen LogP contribution in [0.15, 0.2) is 52.7 Å². The van der Waals surface area contributed by atoms with E-state index < -0.39 is 0 Å². The lowest BCUT2D eigenvalue weighted by atomic mass is 10.1. The van der Waals surface area contributed by atoms with Crippen molar-refractivity contribution in [2.45, 2.75) is 4.83 Å². The number of hydrogen-bond donors (Lipinski definition) is 0. The third kappa shape index (κ3) is 1.60. The standard InChI is InChI=1S/C13H9BrOS/c14-13(9-5-6-15-7-9)11-8-16-12-4-2-1-3-10(11)12/h1-8,13H. The Morgan fingerprint density at radius 1 is 1.19 bits per heavy atom. The number of thiophene rings is 1. The second kappa shape index (κ2) is 4.07. The molecule has 3 aromatic rings. The quantitative estimate of drug-likeness (QED) is 0.607. The first-order valence-corrected chi connectivity index (χ1v) is 6.78. The van der Waals surface area contributed by atoms with Gasteiger partial charge in [-0.3, -0.25) is 0 Å². The van der Waals surface area contributed by atoms with E-state index >= 15 is 0 Å². The minimum Gasteiger partial charge on any atom is -0.472 e. The van der Waals surface area contributed by atoms with E-state index in [1.54, 1.807) is 23.9 Å². The van der Waals surface area contributed by atoms with E-state index in [4.69, 9.17) is 4.42 Å². The maximum absolute atomic E-state index is 5.12. The normalized spacial score (nSPS) is 13.1. The molecule has 1 nitrogen and oxygen atoms in total. The van der Waals surface area contributed by atoms with Crippen molar-refractivity contribution in [1.29, 1.82) is 0 Å². The van der Waals surface area contributed by atoms with Gasteiger partial charge in [0.1, 0.15) is 0 Å². The van der Waals surface area contributed by atoms with Gasteiger partial charge in [0.15, 0.2) is 0 Å². The summed E-state index contributed by atoms with van der Waals surface area (Å²) in [7, 11) is 0. The summed E-state index contributed by atoms with van der Waals surface area (Å²) in [6.07, 6.45) is 3.49. The Bertz CT molecular complexity index is 597. The molecule has 1 unspecified atom stereocenters. The van der Waals surface area contributed by atoms with Crippen molar-refractivity contribution >= 4 is 37.4 Å². The molecular weight excluding hydrogens is 284 g/mol. The van der Waals surface area contributed by atoms with E-state index in [1.807, 2.05) is 6.07 Å². The Morgan fingerprint density at radius 2 is 2.06 bits per heavy atom. The number of rotatable bonds is 2. The smallest absolute Gasteiger partial charge is 0.0949 e. The van der Waals surface area contributed by atoms with Gasteiger partial charge in [-0.2, -0.15) is 0 Å². The Kier molecular flexibility index (Phi) is 2.58. The molecule has 2 heterocycles. The van der Waals surface area contributed by atoms with E-state index in [9.17, 15) is 0 Å². The third-order valence-corrected chi connectivity index (χ3v) is 4.62. The van der Waals surface area contributed by atoms with Crippen molar-refractivity contribution in [2.24, 2.45) is 0 Å². The number of halogens is 1. The van der Waals surface area contributed by atoms with Crippen molar-refractivity contribution in [3.63, 3.8) is 0 Å². The van der Waals surface area contributed by atoms with E-state index in [0.717, 1.165) is 5.56 Å². The predicted octanol–water partition coefficient (Wildman–Crippen LogP) is 4.98. The van der Waals surface area contributed by atoms with E-state index in [-0.39, 0.29) is 4.83 Å². The molecule has 0 bridgehead atoms. The molecule has 0 spiro atoms. The van der Waals surface area contributed by atoms with E-state index in [0.29, 0.717) is 0 Å². The average molecular weight is 293 g/mol. The van der Waals surface area contributed by atoms with Crippen LogP contribution in [0.5, 0.6) is 0 Å².